The summed E-state index contributed by atoms with van der Waals surface area (Å²) in [5.41, 5.74) is 0.698. The summed E-state index contributed by atoms with van der Waals surface area (Å²) < 4.78 is 10.8. The van der Waals surface area contributed by atoms with Crippen molar-refractivity contribution in [3.63, 3.8) is 0 Å². The van der Waals surface area contributed by atoms with Gasteiger partial charge in [0.2, 0.25) is 0 Å². The predicted molar refractivity (Wildman–Crippen MR) is 79.4 cm³/mol. The summed E-state index contributed by atoms with van der Waals surface area (Å²) in [6.45, 7) is 9.14. The highest BCUT2D eigenvalue weighted by molar-refractivity contribution is 5.75. The average Bonchev–Trinajstić information content (AvgIpc) is 2.37. The fraction of sp³-hybridized carbons (Fsp3) is 0.562. The zero-order chi connectivity index (χ0) is 15.0. The zero-order valence-corrected chi connectivity index (χ0v) is 12.8. The van der Waals surface area contributed by atoms with Crippen molar-refractivity contribution in [3.8, 4) is 0 Å². The molecular formula is C16H25NO3. The lowest BCUT2D eigenvalue weighted by molar-refractivity contribution is -0.157. The molecule has 1 aromatic rings. The molecule has 0 heterocycles. The minimum Gasteiger partial charge on any atom is -0.459 e. The Bertz CT molecular complexity index is 398. The molecule has 0 aliphatic heterocycles. The van der Waals surface area contributed by atoms with Crippen LogP contribution in [-0.4, -0.2) is 30.8 Å². The van der Waals surface area contributed by atoms with Crippen molar-refractivity contribution in [3.05, 3.63) is 35.9 Å². The second-order valence-electron chi connectivity index (χ2n) is 5.75. The van der Waals surface area contributed by atoms with E-state index in [1.54, 1.807) is 6.92 Å². The van der Waals surface area contributed by atoms with Gasteiger partial charge in [-0.25, -0.2) is 0 Å². The standard InChI is InChI=1S/C16H25NO3/c1-13(15(18)20-16(2,3)4)17-10-11-19-12-14-8-6-5-7-9-14/h5-9,13,17H,10-12H2,1-4H3/t13-/m0/s1. The van der Waals surface area contributed by atoms with Crippen LogP contribution in [0.2, 0.25) is 0 Å². The quantitative estimate of drug-likeness (QED) is 0.615. The lowest BCUT2D eigenvalue weighted by Crippen LogP contribution is -2.40. The topological polar surface area (TPSA) is 47.6 Å². The Kier molecular flexibility index (Phi) is 6.68. The van der Waals surface area contributed by atoms with Crippen LogP contribution in [-0.2, 0) is 20.9 Å². The number of hydrogen-bond donors (Lipinski definition) is 1. The maximum Gasteiger partial charge on any atom is 0.323 e. The van der Waals surface area contributed by atoms with E-state index in [0.717, 1.165) is 5.56 Å². The monoisotopic (exact) mass is 279 g/mol. The van der Waals surface area contributed by atoms with Crippen molar-refractivity contribution in [2.24, 2.45) is 0 Å². The van der Waals surface area contributed by atoms with Gasteiger partial charge in [0, 0.05) is 6.54 Å². The van der Waals surface area contributed by atoms with Gasteiger partial charge in [-0.2, -0.15) is 0 Å². The molecule has 0 radical (unpaired) electrons. The summed E-state index contributed by atoms with van der Waals surface area (Å²) in [7, 11) is 0. The minimum absolute atomic E-state index is 0.236. The summed E-state index contributed by atoms with van der Waals surface area (Å²) in [5.74, 6) is -0.236. The van der Waals surface area contributed by atoms with Gasteiger partial charge in [0.05, 0.1) is 13.2 Å². The SMILES string of the molecule is C[C@H](NCCOCc1ccccc1)C(=O)OC(C)(C)C. The second kappa shape index (κ2) is 8.02. The molecule has 0 unspecified atom stereocenters. The highest BCUT2D eigenvalue weighted by Crippen LogP contribution is 2.08. The fourth-order valence-corrected chi connectivity index (χ4v) is 1.59. The van der Waals surface area contributed by atoms with Gasteiger partial charge in [-0.1, -0.05) is 30.3 Å². The van der Waals surface area contributed by atoms with Crippen molar-refractivity contribution in [1.82, 2.24) is 5.32 Å². The van der Waals surface area contributed by atoms with Gasteiger partial charge in [-0.3, -0.25) is 4.79 Å². The van der Waals surface area contributed by atoms with Gasteiger partial charge in [-0.15, -0.1) is 0 Å². The lowest BCUT2D eigenvalue weighted by Gasteiger charge is -2.22. The van der Waals surface area contributed by atoms with E-state index >= 15 is 0 Å². The normalized spacial score (nSPS) is 13.0. The molecule has 0 fully saturated rings. The Labute approximate surface area is 121 Å². The van der Waals surface area contributed by atoms with Crippen molar-refractivity contribution in [1.29, 1.82) is 0 Å². The van der Waals surface area contributed by atoms with Crippen LogP contribution in [0.3, 0.4) is 0 Å². The number of nitrogens with one attached hydrogen (secondary N) is 1. The Morgan fingerprint density at radius 2 is 1.90 bits per heavy atom. The number of esters is 1. The number of carbonyl (C=O) groups is 1. The molecule has 1 atom stereocenters. The molecule has 1 N–H and O–H groups in total. The highest BCUT2D eigenvalue weighted by Gasteiger charge is 2.20. The number of carbonyl (C=O) groups excluding carboxylic acids is 1. The third-order valence-corrected chi connectivity index (χ3v) is 2.57. The molecule has 4 nitrogen and oxygen atoms in total. The maximum atomic E-state index is 11.7. The second-order valence-corrected chi connectivity index (χ2v) is 5.75. The molecule has 1 aromatic carbocycles. The molecule has 0 aliphatic rings. The summed E-state index contributed by atoms with van der Waals surface area (Å²) in [5, 5.41) is 3.09. The third-order valence-electron chi connectivity index (χ3n) is 2.57. The number of benzene rings is 1. The molecule has 0 aromatic heterocycles. The van der Waals surface area contributed by atoms with Crippen molar-refractivity contribution < 1.29 is 14.3 Å². The molecule has 0 saturated carbocycles. The van der Waals surface area contributed by atoms with E-state index in [1.807, 2.05) is 51.1 Å². The molecule has 112 valence electrons. The van der Waals surface area contributed by atoms with Crippen molar-refractivity contribution in [2.45, 2.75) is 45.9 Å². The fourth-order valence-electron chi connectivity index (χ4n) is 1.59. The van der Waals surface area contributed by atoms with Gasteiger partial charge in [-0.05, 0) is 33.3 Å². The van der Waals surface area contributed by atoms with Gasteiger partial charge in [0.25, 0.3) is 0 Å². The molecular weight excluding hydrogens is 254 g/mol. The third kappa shape index (κ3) is 7.26. The van der Waals surface area contributed by atoms with Crippen LogP contribution >= 0.6 is 0 Å². The van der Waals surface area contributed by atoms with E-state index < -0.39 is 5.60 Å². The van der Waals surface area contributed by atoms with Crippen LogP contribution in [0, 0.1) is 0 Å². The van der Waals surface area contributed by atoms with E-state index in [2.05, 4.69) is 5.32 Å². The van der Waals surface area contributed by atoms with Crippen LogP contribution in [0.5, 0.6) is 0 Å². The molecule has 1 rings (SSSR count). The smallest absolute Gasteiger partial charge is 0.323 e. The summed E-state index contributed by atoms with van der Waals surface area (Å²) >= 11 is 0. The summed E-state index contributed by atoms with van der Waals surface area (Å²) in [6.07, 6.45) is 0. The van der Waals surface area contributed by atoms with Crippen LogP contribution in [0.1, 0.15) is 33.3 Å². The zero-order valence-electron chi connectivity index (χ0n) is 12.8. The van der Waals surface area contributed by atoms with Crippen LogP contribution in [0.4, 0.5) is 0 Å². The first-order chi connectivity index (χ1) is 9.38. The number of rotatable bonds is 7. The Balaban J connectivity index is 2.13. The van der Waals surface area contributed by atoms with E-state index in [-0.39, 0.29) is 12.0 Å². The maximum absolute atomic E-state index is 11.7. The Morgan fingerprint density at radius 3 is 2.50 bits per heavy atom. The van der Waals surface area contributed by atoms with Crippen LogP contribution in [0.25, 0.3) is 0 Å². The van der Waals surface area contributed by atoms with Gasteiger partial charge >= 0.3 is 5.97 Å². The van der Waals surface area contributed by atoms with E-state index in [0.29, 0.717) is 19.8 Å². The summed E-state index contributed by atoms with van der Waals surface area (Å²) in [6, 6.07) is 9.68. The van der Waals surface area contributed by atoms with Gasteiger partial charge in [0.15, 0.2) is 0 Å². The molecule has 0 saturated heterocycles. The molecule has 0 spiro atoms. The molecule has 0 aliphatic carbocycles. The van der Waals surface area contributed by atoms with Gasteiger partial charge in [0.1, 0.15) is 11.6 Å². The first-order valence-electron chi connectivity index (χ1n) is 6.96. The number of ether oxygens (including phenoxy) is 2. The minimum atomic E-state index is -0.448. The molecule has 4 heteroatoms. The van der Waals surface area contributed by atoms with Crippen molar-refractivity contribution in [2.75, 3.05) is 13.2 Å². The number of hydrogen-bond acceptors (Lipinski definition) is 4. The lowest BCUT2D eigenvalue weighted by atomic mass is 10.2. The first kappa shape index (κ1) is 16.7. The molecule has 0 bridgehead atoms. The van der Waals surface area contributed by atoms with E-state index in [9.17, 15) is 4.79 Å². The van der Waals surface area contributed by atoms with Crippen LogP contribution < -0.4 is 5.32 Å². The Hall–Kier alpha value is -1.39. The summed E-state index contributed by atoms with van der Waals surface area (Å²) in [4.78, 5) is 11.7. The average molecular weight is 279 g/mol. The molecule has 20 heavy (non-hydrogen) atoms. The van der Waals surface area contributed by atoms with Crippen LogP contribution in [0.15, 0.2) is 30.3 Å². The van der Waals surface area contributed by atoms with Crippen molar-refractivity contribution >= 4 is 5.97 Å². The van der Waals surface area contributed by atoms with Gasteiger partial charge < -0.3 is 14.8 Å². The largest absolute Gasteiger partial charge is 0.459 e. The Morgan fingerprint density at radius 1 is 1.25 bits per heavy atom. The highest BCUT2D eigenvalue weighted by atomic mass is 16.6. The predicted octanol–water partition coefficient (Wildman–Crippen LogP) is 2.52. The first-order valence-corrected chi connectivity index (χ1v) is 6.96. The van der Waals surface area contributed by atoms with E-state index in [4.69, 9.17) is 9.47 Å². The van der Waals surface area contributed by atoms with E-state index in [1.165, 1.54) is 0 Å². The molecule has 0 amide bonds.